The third-order valence-electron chi connectivity index (χ3n) is 4.65. The number of hydrogen-bond donors (Lipinski definition) is 1. The lowest BCUT2D eigenvalue weighted by atomic mass is 10.00. The molecule has 2 heterocycles. The number of rotatable bonds is 3. The maximum atomic E-state index is 6.13. The monoisotopic (exact) mass is 298 g/mol. The van der Waals surface area contributed by atoms with Crippen molar-refractivity contribution in [3.05, 3.63) is 42.0 Å². The third kappa shape index (κ3) is 3.62. The van der Waals surface area contributed by atoms with Gasteiger partial charge in [0.05, 0.1) is 6.54 Å². The van der Waals surface area contributed by atoms with Crippen LogP contribution < -0.4 is 10.6 Å². The molecule has 118 valence electrons. The van der Waals surface area contributed by atoms with E-state index >= 15 is 0 Å². The molecule has 22 heavy (non-hydrogen) atoms. The summed E-state index contributed by atoms with van der Waals surface area (Å²) in [6.45, 7) is 7.07. The van der Waals surface area contributed by atoms with Gasteiger partial charge >= 0.3 is 0 Å². The zero-order valence-electron chi connectivity index (χ0n) is 13.4. The molecule has 4 nitrogen and oxygen atoms in total. The predicted octanol–water partition coefficient (Wildman–Crippen LogP) is 2.61. The second kappa shape index (κ2) is 6.86. The first-order chi connectivity index (χ1) is 10.7. The Morgan fingerprint density at radius 3 is 2.41 bits per heavy atom. The van der Waals surface area contributed by atoms with Gasteiger partial charge in [0.1, 0.15) is 0 Å². The number of piperidine rings is 1. The molecule has 0 bridgehead atoms. The molecule has 0 radical (unpaired) electrons. The molecule has 0 saturated carbocycles. The Morgan fingerprint density at radius 2 is 1.77 bits per heavy atom. The number of aliphatic imine (C=N–C) groups is 1. The highest BCUT2D eigenvalue weighted by molar-refractivity contribution is 5.78. The fourth-order valence-corrected chi connectivity index (χ4v) is 3.01. The van der Waals surface area contributed by atoms with E-state index in [0.717, 1.165) is 32.1 Å². The van der Waals surface area contributed by atoms with E-state index in [1.165, 1.54) is 24.1 Å². The summed E-state index contributed by atoms with van der Waals surface area (Å²) in [4.78, 5) is 9.12. The second-order valence-corrected chi connectivity index (χ2v) is 6.39. The molecular weight excluding hydrogens is 272 g/mol. The lowest BCUT2D eigenvalue weighted by Crippen LogP contribution is -2.42. The minimum absolute atomic E-state index is 0.663. The van der Waals surface area contributed by atoms with E-state index in [1.807, 2.05) is 0 Å². The number of hydrogen-bond acceptors (Lipinski definition) is 2. The molecule has 1 aromatic rings. The second-order valence-electron chi connectivity index (χ2n) is 6.39. The lowest BCUT2D eigenvalue weighted by Gasteiger charge is -2.31. The topological polar surface area (TPSA) is 44.9 Å². The molecule has 1 aromatic carbocycles. The zero-order valence-corrected chi connectivity index (χ0v) is 13.4. The average molecular weight is 298 g/mol. The Hall–Kier alpha value is -1.97. The van der Waals surface area contributed by atoms with Crippen molar-refractivity contribution >= 4 is 11.6 Å². The molecule has 2 aliphatic rings. The van der Waals surface area contributed by atoms with Crippen molar-refractivity contribution in [1.29, 1.82) is 0 Å². The van der Waals surface area contributed by atoms with Gasteiger partial charge in [-0.3, -0.25) is 0 Å². The van der Waals surface area contributed by atoms with E-state index in [1.54, 1.807) is 0 Å². The highest BCUT2D eigenvalue weighted by Crippen LogP contribution is 2.18. The van der Waals surface area contributed by atoms with E-state index in [4.69, 9.17) is 5.73 Å². The number of benzene rings is 1. The summed E-state index contributed by atoms with van der Waals surface area (Å²) in [7, 11) is 0. The summed E-state index contributed by atoms with van der Waals surface area (Å²) in [5.41, 5.74) is 8.62. The number of guanidine groups is 1. The number of anilines is 1. The molecule has 4 heteroatoms. The summed E-state index contributed by atoms with van der Waals surface area (Å²) in [5.74, 6) is 1.51. The molecule has 2 aliphatic heterocycles. The molecule has 0 atom stereocenters. The lowest BCUT2D eigenvalue weighted by molar-refractivity contribution is 0.277. The summed E-state index contributed by atoms with van der Waals surface area (Å²) in [5, 5.41) is 0. The van der Waals surface area contributed by atoms with E-state index in [-0.39, 0.29) is 0 Å². The highest BCUT2D eigenvalue weighted by atomic mass is 15.3. The highest BCUT2D eigenvalue weighted by Gasteiger charge is 2.16. The largest absolute Gasteiger partial charge is 0.370 e. The van der Waals surface area contributed by atoms with Crippen molar-refractivity contribution < 1.29 is 0 Å². The van der Waals surface area contributed by atoms with Crippen molar-refractivity contribution in [1.82, 2.24) is 4.90 Å². The fourth-order valence-electron chi connectivity index (χ4n) is 3.01. The van der Waals surface area contributed by atoms with E-state index < -0.39 is 0 Å². The number of nitrogens with two attached hydrogens (primary N) is 1. The van der Waals surface area contributed by atoms with Gasteiger partial charge in [-0.15, -0.1) is 0 Å². The van der Waals surface area contributed by atoms with Crippen LogP contribution in [0.15, 0.2) is 41.4 Å². The summed E-state index contributed by atoms with van der Waals surface area (Å²) < 4.78 is 0. The fraction of sp³-hybridized carbons (Fsp3) is 0.500. The Labute approximate surface area is 133 Å². The van der Waals surface area contributed by atoms with Gasteiger partial charge in [0.2, 0.25) is 0 Å². The van der Waals surface area contributed by atoms with Gasteiger partial charge in [-0.1, -0.05) is 31.2 Å². The summed E-state index contributed by atoms with van der Waals surface area (Å²) in [6.07, 6.45) is 6.85. The molecular formula is C18H26N4. The van der Waals surface area contributed by atoms with Crippen molar-refractivity contribution in [2.45, 2.75) is 26.3 Å². The zero-order chi connectivity index (χ0) is 15.4. The first-order valence-electron chi connectivity index (χ1n) is 8.26. The molecule has 1 fully saturated rings. The van der Waals surface area contributed by atoms with Gasteiger partial charge in [0, 0.05) is 31.9 Å². The molecule has 3 rings (SSSR count). The maximum absolute atomic E-state index is 6.13. The van der Waals surface area contributed by atoms with Crippen LogP contribution >= 0.6 is 0 Å². The smallest absolute Gasteiger partial charge is 0.191 e. The minimum atomic E-state index is 0.663. The van der Waals surface area contributed by atoms with Crippen LogP contribution in [0.5, 0.6) is 0 Å². The number of nitrogens with zero attached hydrogens (tertiary/aromatic N) is 3. The van der Waals surface area contributed by atoms with Gasteiger partial charge in [0.15, 0.2) is 5.96 Å². The Balaban J connectivity index is 1.55. The molecule has 0 aliphatic carbocycles. The van der Waals surface area contributed by atoms with Crippen LogP contribution in [0.1, 0.15) is 25.3 Å². The average Bonchev–Trinajstić information content (AvgIpc) is 3.08. The third-order valence-corrected chi connectivity index (χ3v) is 4.65. The molecule has 2 N–H and O–H groups in total. The van der Waals surface area contributed by atoms with Crippen LogP contribution in [0, 0.1) is 5.92 Å². The van der Waals surface area contributed by atoms with Crippen molar-refractivity contribution in [2.75, 3.05) is 31.1 Å². The number of likely N-dealkylation sites (tertiary alicyclic amines) is 1. The Kier molecular flexibility index (Phi) is 4.66. The van der Waals surface area contributed by atoms with Crippen LogP contribution in [-0.2, 0) is 6.54 Å². The first kappa shape index (κ1) is 14.9. The maximum Gasteiger partial charge on any atom is 0.191 e. The van der Waals surface area contributed by atoms with Gasteiger partial charge < -0.3 is 15.5 Å². The SMILES string of the molecule is CC1CCN(C(N)=NCc2ccc(N3CC=CC3)cc2)CC1. The Bertz CT molecular complexity index is 531. The van der Waals surface area contributed by atoms with Gasteiger partial charge in [-0.25, -0.2) is 4.99 Å². The molecule has 0 unspecified atom stereocenters. The van der Waals surface area contributed by atoms with Gasteiger partial charge in [0.25, 0.3) is 0 Å². The van der Waals surface area contributed by atoms with Crippen LogP contribution in [0.25, 0.3) is 0 Å². The van der Waals surface area contributed by atoms with Gasteiger partial charge in [-0.05, 0) is 36.5 Å². The van der Waals surface area contributed by atoms with Crippen LogP contribution in [0.3, 0.4) is 0 Å². The quantitative estimate of drug-likeness (QED) is 0.530. The van der Waals surface area contributed by atoms with Crippen molar-refractivity contribution in [2.24, 2.45) is 16.6 Å². The molecule has 0 spiro atoms. The predicted molar refractivity (Wildman–Crippen MR) is 93.1 cm³/mol. The normalized spacial score (nSPS) is 20.0. The van der Waals surface area contributed by atoms with E-state index in [9.17, 15) is 0 Å². The standard InChI is InChI=1S/C18H26N4/c1-15-8-12-22(13-9-15)18(19)20-14-16-4-6-17(7-5-16)21-10-2-3-11-21/h2-7,15H,8-14H2,1H3,(H2,19,20). The van der Waals surface area contributed by atoms with Crippen LogP contribution in [0.2, 0.25) is 0 Å². The van der Waals surface area contributed by atoms with Crippen molar-refractivity contribution in [3.8, 4) is 0 Å². The van der Waals surface area contributed by atoms with E-state index in [2.05, 4.69) is 58.1 Å². The van der Waals surface area contributed by atoms with Crippen molar-refractivity contribution in [3.63, 3.8) is 0 Å². The molecule has 0 aromatic heterocycles. The minimum Gasteiger partial charge on any atom is -0.370 e. The van der Waals surface area contributed by atoms with Crippen LogP contribution in [0.4, 0.5) is 5.69 Å². The molecule has 1 saturated heterocycles. The van der Waals surface area contributed by atoms with Crippen LogP contribution in [-0.4, -0.2) is 37.0 Å². The van der Waals surface area contributed by atoms with E-state index in [0.29, 0.717) is 12.5 Å². The first-order valence-corrected chi connectivity index (χ1v) is 8.26. The molecule has 0 amide bonds. The summed E-state index contributed by atoms with van der Waals surface area (Å²) >= 11 is 0. The Morgan fingerprint density at radius 1 is 1.14 bits per heavy atom. The van der Waals surface area contributed by atoms with Gasteiger partial charge in [-0.2, -0.15) is 0 Å². The summed E-state index contributed by atoms with van der Waals surface area (Å²) in [6, 6.07) is 8.67.